The van der Waals surface area contributed by atoms with Crippen molar-refractivity contribution in [1.82, 2.24) is 19.6 Å². The highest BCUT2D eigenvalue weighted by Gasteiger charge is 2.09. The van der Waals surface area contributed by atoms with Gasteiger partial charge in [0.05, 0.1) is 0 Å². The average Bonchev–Trinajstić information content (AvgIpc) is 2.45. The van der Waals surface area contributed by atoms with Crippen molar-refractivity contribution in [1.29, 1.82) is 0 Å². The summed E-state index contributed by atoms with van der Waals surface area (Å²) >= 11 is 1.66. The molecule has 2 heterocycles. The van der Waals surface area contributed by atoms with Gasteiger partial charge in [-0.05, 0) is 19.9 Å². The molecular weight excluding hydrogens is 208 g/mol. The van der Waals surface area contributed by atoms with Gasteiger partial charge in [0.1, 0.15) is 0 Å². The first-order chi connectivity index (χ1) is 7.06. The maximum atomic E-state index is 4.40. The summed E-state index contributed by atoms with van der Waals surface area (Å²) in [6.45, 7) is 8.24. The van der Waals surface area contributed by atoms with Crippen molar-refractivity contribution in [3.63, 3.8) is 0 Å². The summed E-state index contributed by atoms with van der Waals surface area (Å²) in [6.07, 6.45) is 0. The lowest BCUT2D eigenvalue weighted by molar-refractivity contribution is 0.841. The Balaban J connectivity index is 2.50. The molecule has 2 aromatic heterocycles. The fraction of sp³-hybridized carbons (Fsp3) is 0.500. The van der Waals surface area contributed by atoms with Gasteiger partial charge in [-0.25, -0.2) is 9.50 Å². The van der Waals surface area contributed by atoms with Gasteiger partial charge in [-0.2, -0.15) is 4.98 Å². The number of nitrogens with zero attached hydrogens (tertiary/aromatic N) is 4. The second kappa shape index (κ2) is 3.81. The number of aryl methyl sites for hydroxylation is 2. The van der Waals surface area contributed by atoms with E-state index in [1.807, 2.05) is 19.9 Å². The van der Waals surface area contributed by atoms with Gasteiger partial charge in [-0.3, -0.25) is 0 Å². The number of aromatic nitrogens is 4. The van der Waals surface area contributed by atoms with E-state index in [1.54, 1.807) is 16.3 Å². The molecule has 0 N–H and O–H groups in total. The Hall–Kier alpha value is -1.10. The summed E-state index contributed by atoms with van der Waals surface area (Å²) < 4.78 is 1.79. The lowest BCUT2D eigenvalue weighted by atomic mass is 10.4. The van der Waals surface area contributed by atoms with E-state index in [1.165, 1.54) is 0 Å². The molecule has 4 nitrogen and oxygen atoms in total. The maximum absolute atomic E-state index is 4.40. The van der Waals surface area contributed by atoms with Crippen LogP contribution in [0, 0.1) is 13.8 Å². The summed E-state index contributed by atoms with van der Waals surface area (Å²) in [6, 6.07) is 2.01. The monoisotopic (exact) mass is 222 g/mol. The minimum absolute atomic E-state index is 0.490. The lowest BCUT2D eigenvalue weighted by Gasteiger charge is -1.97. The second-order valence-corrected chi connectivity index (χ2v) is 5.36. The van der Waals surface area contributed by atoms with Crippen LogP contribution in [0.1, 0.15) is 25.2 Å². The Kier molecular flexibility index (Phi) is 2.65. The van der Waals surface area contributed by atoms with Crippen LogP contribution in [-0.4, -0.2) is 24.8 Å². The number of fused-ring (bicyclic) bond motifs is 1. The first kappa shape index (κ1) is 10.4. The minimum atomic E-state index is 0.490. The van der Waals surface area contributed by atoms with Gasteiger partial charge in [0.25, 0.3) is 5.78 Å². The molecule has 0 saturated carbocycles. The van der Waals surface area contributed by atoms with Gasteiger partial charge < -0.3 is 0 Å². The Labute approximate surface area is 93.1 Å². The van der Waals surface area contributed by atoms with Gasteiger partial charge in [0.2, 0.25) is 5.16 Å². The molecule has 5 heteroatoms. The first-order valence-corrected chi connectivity index (χ1v) is 5.82. The van der Waals surface area contributed by atoms with E-state index in [2.05, 4.69) is 28.9 Å². The summed E-state index contributed by atoms with van der Waals surface area (Å²) in [5.74, 6) is 0.690. The highest BCUT2D eigenvalue weighted by atomic mass is 32.2. The van der Waals surface area contributed by atoms with E-state index in [0.29, 0.717) is 11.0 Å². The van der Waals surface area contributed by atoms with Crippen molar-refractivity contribution in [3.8, 4) is 0 Å². The third-order valence-corrected chi connectivity index (χ3v) is 2.80. The first-order valence-electron chi connectivity index (χ1n) is 4.94. The van der Waals surface area contributed by atoms with Crippen LogP contribution in [0.5, 0.6) is 0 Å². The smallest absolute Gasteiger partial charge is 0.216 e. The summed E-state index contributed by atoms with van der Waals surface area (Å²) in [5.41, 5.74) is 2.05. The predicted octanol–water partition coefficient (Wildman–Crippen LogP) is 2.24. The normalized spacial score (nSPS) is 11.5. The minimum Gasteiger partial charge on any atom is -0.216 e. The number of hydrogen-bond acceptors (Lipinski definition) is 4. The van der Waals surface area contributed by atoms with Crippen LogP contribution < -0.4 is 0 Å². The molecule has 0 radical (unpaired) electrons. The Morgan fingerprint density at radius 3 is 2.67 bits per heavy atom. The van der Waals surface area contributed by atoms with E-state index < -0.39 is 0 Å². The highest BCUT2D eigenvalue weighted by molar-refractivity contribution is 7.99. The molecule has 0 fully saturated rings. The predicted molar refractivity (Wildman–Crippen MR) is 61.2 cm³/mol. The fourth-order valence-electron chi connectivity index (χ4n) is 1.41. The maximum Gasteiger partial charge on any atom is 0.253 e. The molecule has 80 valence electrons. The zero-order chi connectivity index (χ0) is 11.0. The van der Waals surface area contributed by atoms with Crippen molar-refractivity contribution >= 4 is 17.5 Å². The molecule has 15 heavy (non-hydrogen) atoms. The topological polar surface area (TPSA) is 43.1 Å². The van der Waals surface area contributed by atoms with Crippen LogP contribution in [0.3, 0.4) is 0 Å². The zero-order valence-electron chi connectivity index (χ0n) is 9.35. The molecular formula is C10H14N4S. The van der Waals surface area contributed by atoms with E-state index in [-0.39, 0.29) is 0 Å². The molecule has 0 saturated heterocycles. The van der Waals surface area contributed by atoms with Gasteiger partial charge in [0.15, 0.2) is 0 Å². The van der Waals surface area contributed by atoms with E-state index in [0.717, 1.165) is 16.5 Å². The average molecular weight is 222 g/mol. The molecule has 0 unspecified atom stereocenters. The molecule has 2 aromatic rings. The number of thioether (sulfide) groups is 1. The number of rotatable bonds is 2. The van der Waals surface area contributed by atoms with Crippen molar-refractivity contribution < 1.29 is 0 Å². The third-order valence-electron chi connectivity index (χ3n) is 1.94. The largest absolute Gasteiger partial charge is 0.253 e. The SMILES string of the molecule is Cc1cc(C)n2nc(SC(C)C)nc2n1. The Morgan fingerprint density at radius 1 is 1.27 bits per heavy atom. The van der Waals surface area contributed by atoms with Crippen molar-refractivity contribution in [2.24, 2.45) is 0 Å². The van der Waals surface area contributed by atoms with Gasteiger partial charge in [-0.15, -0.1) is 5.10 Å². The summed E-state index contributed by atoms with van der Waals surface area (Å²) in [7, 11) is 0. The van der Waals surface area contributed by atoms with Crippen molar-refractivity contribution in [2.45, 2.75) is 38.1 Å². The molecule has 0 amide bonds. The van der Waals surface area contributed by atoms with Gasteiger partial charge in [0, 0.05) is 16.6 Å². The highest BCUT2D eigenvalue weighted by Crippen LogP contribution is 2.19. The van der Waals surface area contributed by atoms with Crippen LogP contribution >= 0.6 is 11.8 Å². The van der Waals surface area contributed by atoms with E-state index in [9.17, 15) is 0 Å². The van der Waals surface area contributed by atoms with E-state index in [4.69, 9.17) is 0 Å². The Morgan fingerprint density at radius 2 is 2.00 bits per heavy atom. The van der Waals surface area contributed by atoms with E-state index >= 15 is 0 Å². The number of hydrogen-bond donors (Lipinski definition) is 0. The molecule has 0 atom stereocenters. The molecule has 0 aliphatic heterocycles. The lowest BCUT2D eigenvalue weighted by Crippen LogP contribution is -1.97. The third kappa shape index (κ3) is 2.12. The zero-order valence-corrected chi connectivity index (χ0v) is 10.2. The van der Waals surface area contributed by atoms with Crippen LogP contribution in [0.15, 0.2) is 11.2 Å². The molecule has 0 aliphatic rings. The van der Waals surface area contributed by atoms with Gasteiger partial charge >= 0.3 is 0 Å². The quantitative estimate of drug-likeness (QED) is 0.731. The van der Waals surface area contributed by atoms with Crippen molar-refractivity contribution in [3.05, 3.63) is 17.5 Å². The van der Waals surface area contributed by atoms with Gasteiger partial charge in [-0.1, -0.05) is 25.6 Å². The molecule has 0 spiro atoms. The Bertz CT molecular complexity index is 489. The summed E-state index contributed by atoms with van der Waals surface area (Å²) in [4.78, 5) is 8.72. The van der Waals surface area contributed by atoms with Crippen molar-refractivity contribution in [2.75, 3.05) is 0 Å². The molecule has 0 aliphatic carbocycles. The second-order valence-electron chi connectivity index (χ2n) is 3.81. The molecule has 2 rings (SSSR count). The standard InChI is InChI=1S/C10H14N4S/c1-6(2)15-10-12-9-11-7(3)5-8(4)14(9)13-10/h5-6H,1-4H3. The van der Waals surface area contributed by atoms with Crippen LogP contribution in [0.2, 0.25) is 0 Å². The fourth-order valence-corrected chi connectivity index (χ4v) is 2.09. The van der Waals surface area contributed by atoms with Crippen LogP contribution in [0.25, 0.3) is 5.78 Å². The molecule has 0 bridgehead atoms. The molecule has 0 aromatic carbocycles. The van der Waals surface area contributed by atoms with Crippen LogP contribution in [0.4, 0.5) is 0 Å². The van der Waals surface area contributed by atoms with Crippen LogP contribution in [-0.2, 0) is 0 Å². The summed E-state index contributed by atoms with van der Waals surface area (Å²) in [5, 5.41) is 5.69.